The van der Waals surface area contributed by atoms with Gasteiger partial charge in [-0.25, -0.2) is 9.67 Å². The van der Waals surface area contributed by atoms with Crippen molar-refractivity contribution in [3.8, 4) is 0 Å². The van der Waals surface area contributed by atoms with Crippen LogP contribution in [0, 0.1) is 11.8 Å². The number of nitrogens with zero attached hydrogens (tertiary/aromatic N) is 3. The van der Waals surface area contributed by atoms with E-state index in [0.29, 0.717) is 12.2 Å². The van der Waals surface area contributed by atoms with E-state index in [-0.39, 0.29) is 5.92 Å². The van der Waals surface area contributed by atoms with Crippen LogP contribution >= 0.6 is 0 Å². The van der Waals surface area contributed by atoms with Crippen molar-refractivity contribution in [2.24, 2.45) is 11.8 Å². The summed E-state index contributed by atoms with van der Waals surface area (Å²) in [5.41, 5.74) is 0. The van der Waals surface area contributed by atoms with E-state index in [1.165, 1.54) is 19.3 Å². The maximum absolute atomic E-state index is 12.3. The van der Waals surface area contributed by atoms with Gasteiger partial charge in [0.2, 0.25) is 0 Å². The lowest BCUT2D eigenvalue weighted by molar-refractivity contribution is -0.123. The molecule has 0 amide bonds. The molecule has 1 aliphatic carbocycles. The van der Waals surface area contributed by atoms with Gasteiger partial charge in [0.15, 0.2) is 0 Å². The summed E-state index contributed by atoms with van der Waals surface area (Å²) in [7, 11) is 0. The predicted octanol–water partition coefficient (Wildman–Crippen LogP) is 3.02. The zero-order valence-corrected chi connectivity index (χ0v) is 12.1. The molecule has 0 saturated heterocycles. The van der Waals surface area contributed by atoms with Gasteiger partial charge >= 0.3 is 0 Å². The molecule has 0 aromatic carbocycles. The van der Waals surface area contributed by atoms with E-state index in [0.717, 1.165) is 37.5 Å². The van der Waals surface area contributed by atoms with Crippen molar-refractivity contribution in [1.82, 2.24) is 14.8 Å². The van der Waals surface area contributed by atoms with Crippen LogP contribution in [0.25, 0.3) is 0 Å². The lowest BCUT2D eigenvalue weighted by Crippen LogP contribution is -2.24. The summed E-state index contributed by atoms with van der Waals surface area (Å²) in [6.07, 6.45) is 8.87. The fourth-order valence-corrected chi connectivity index (χ4v) is 3.02. The van der Waals surface area contributed by atoms with Gasteiger partial charge in [-0.15, -0.1) is 0 Å². The van der Waals surface area contributed by atoms with Gasteiger partial charge in [-0.05, 0) is 38.0 Å². The molecule has 0 atom stereocenters. The van der Waals surface area contributed by atoms with Crippen LogP contribution in [-0.4, -0.2) is 20.5 Å². The first-order valence-corrected chi connectivity index (χ1v) is 7.64. The van der Waals surface area contributed by atoms with Crippen molar-refractivity contribution in [2.75, 3.05) is 0 Å². The van der Waals surface area contributed by atoms with Crippen LogP contribution < -0.4 is 0 Å². The van der Waals surface area contributed by atoms with Gasteiger partial charge in [-0.3, -0.25) is 4.79 Å². The molecule has 106 valence electrons. The van der Waals surface area contributed by atoms with Crippen molar-refractivity contribution in [1.29, 1.82) is 0 Å². The van der Waals surface area contributed by atoms with Crippen molar-refractivity contribution < 1.29 is 4.79 Å². The zero-order chi connectivity index (χ0) is 13.7. The number of ketones is 1. The Labute approximate surface area is 115 Å². The SMILES string of the molecule is CCCn1ncnc1CC(=O)C1CCC(CC)CC1. The molecule has 1 fully saturated rings. The normalized spacial score (nSPS) is 23.5. The Hall–Kier alpha value is -1.19. The molecule has 1 aromatic heterocycles. The molecule has 1 heterocycles. The summed E-state index contributed by atoms with van der Waals surface area (Å²) in [6.45, 7) is 5.21. The van der Waals surface area contributed by atoms with Gasteiger partial charge in [0.05, 0.1) is 6.42 Å². The van der Waals surface area contributed by atoms with Gasteiger partial charge in [-0.2, -0.15) is 5.10 Å². The lowest BCUT2D eigenvalue weighted by Gasteiger charge is -2.26. The molecule has 0 radical (unpaired) electrons. The smallest absolute Gasteiger partial charge is 0.143 e. The van der Waals surface area contributed by atoms with Crippen LogP contribution in [0.5, 0.6) is 0 Å². The molecule has 0 aliphatic heterocycles. The number of rotatable bonds is 6. The van der Waals surface area contributed by atoms with Crippen molar-refractivity contribution in [3.63, 3.8) is 0 Å². The summed E-state index contributed by atoms with van der Waals surface area (Å²) >= 11 is 0. The van der Waals surface area contributed by atoms with Crippen LogP contribution in [-0.2, 0) is 17.8 Å². The summed E-state index contributed by atoms with van der Waals surface area (Å²) in [4.78, 5) is 16.6. The highest BCUT2D eigenvalue weighted by molar-refractivity contribution is 5.82. The summed E-state index contributed by atoms with van der Waals surface area (Å²) in [5.74, 6) is 2.30. The predicted molar refractivity (Wildman–Crippen MR) is 74.8 cm³/mol. The second-order valence-electron chi connectivity index (χ2n) is 5.67. The highest BCUT2D eigenvalue weighted by Gasteiger charge is 2.26. The minimum Gasteiger partial charge on any atom is -0.299 e. The third-order valence-corrected chi connectivity index (χ3v) is 4.34. The quantitative estimate of drug-likeness (QED) is 0.792. The molecule has 1 saturated carbocycles. The summed E-state index contributed by atoms with van der Waals surface area (Å²) in [6, 6.07) is 0. The number of Topliss-reactive ketones (excluding diaryl/α,β-unsaturated/α-hetero) is 1. The fraction of sp³-hybridized carbons (Fsp3) is 0.800. The Morgan fingerprint density at radius 2 is 2.05 bits per heavy atom. The first-order chi connectivity index (χ1) is 9.24. The highest BCUT2D eigenvalue weighted by atomic mass is 16.1. The molecule has 0 spiro atoms. The van der Waals surface area contributed by atoms with E-state index in [9.17, 15) is 4.79 Å². The number of aromatic nitrogens is 3. The van der Waals surface area contributed by atoms with Crippen LogP contribution in [0.2, 0.25) is 0 Å². The topological polar surface area (TPSA) is 47.8 Å². The molecule has 2 rings (SSSR count). The molecule has 4 heteroatoms. The maximum Gasteiger partial charge on any atom is 0.143 e. The minimum atomic E-state index is 0.259. The molecule has 4 nitrogen and oxygen atoms in total. The number of hydrogen-bond acceptors (Lipinski definition) is 3. The maximum atomic E-state index is 12.3. The molecule has 1 aromatic rings. The third kappa shape index (κ3) is 3.64. The Balaban J connectivity index is 1.89. The van der Waals surface area contributed by atoms with Gasteiger partial charge in [0.1, 0.15) is 17.9 Å². The number of carbonyl (C=O) groups is 1. The van der Waals surface area contributed by atoms with Gasteiger partial charge in [0, 0.05) is 12.5 Å². The average molecular weight is 263 g/mol. The number of hydrogen-bond donors (Lipinski definition) is 0. The van der Waals surface area contributed by atoms with E-state index < -0.39 is 0 Å². The summed E-state index contributed by atoms with van der Waals surface area (Å²) in [5, 5.41) is 4.18. The van der Waals surface area contributed by atoms with Crippen molar-refractivity contribution >= 4 is 5.78 Å². The molecule has 19 heavy (non-hydrogen) atoms. The zero-order valence-electron chi connectivity index (χ0n) is 12.1. The monoisotopic (exact) mass is 263 g/mol. The largest absolute Gasteiger partial charge is 0.299 e. The van der Waals surface area contributed by atoms with Gasteiger partial charge in [0.25, 0.3) is 0 Å². The van der Waals surface area contributed by atoms with E-state index >= 15 is 0 Å². The number of carbonyl (C=O) groups excluding carboxylic acids is 1. The standard InChI is InChI=1S/C15H25N3O/c1-3-9-18-15(16-11-17-18)10-14(19)13-7-5-12(4-2)6-8-13/h11-13H,3-10H2,1-2H3. The van der Waals surface area contributed by atoms with Crippen molar-refractivity contribution in [2.45, 2.75) is 65.3 Å². The fourth-order valence-electron chi connectivity index (χ4n) is 3.02. The minimum absolute atomic E-state index is 0.259. The third-order valence-electron chi connectivity index (χ3n) is 4.34. The molecular formula is C15H25N3O. The Bertz CT molecular complexity index is 405. The van der Waals surface area contributed by atoms with Crippen LogP contribution in [0.15, 0.2) is 6.33 Å². The average Bonchev–Trinajstić information content (AvgIpc) is 2.86. The molecule has 1 aliphatic rings. The van der Waals surface area contributed by atoms with Crippen LogP contribution in [0.1, 0.15) is 58.2 Å². The van der Waals surface area contributed by atoms with Gasteiger partial charge < -0.3 is 0 Å². The lowest BCUT2D eigenvalue weighted by atomic mass is 9.78. The van der Waals surface area contributed by atoms with Crippen LogP contribution in [0.3, 0.4) is 0 Å². The van der Waals surface area contributed by atoms with E-state index in [1.54, 1.807) is 6.33 Å². The molecular weight excluding hydrogens is 238 g/mol. The van der Waals surface area contributed by atoms with Crippen LogP contribution in [0.4, 0.5) is 0 Å². The van der Waals surface area contributed by atoms with E-state index in [2.05, 4.69) is 23.9 Å². The second-order valence-corrected chi connectivity index (χ2v) is 5.67. The molecule has 0 unspecified atom stereocenters. The number of aryl methyl sites for hydroxylation is 1. The van der Waals surface area contributed by atoms with Gasteiger partial charge in [-0.1, -0.05) is 20.3 Å². The highest BCUT2D eigenvalue weighted by Crippen LogP contribution is 2.31. The second kappa shape index (κ2) is 6.83. The first kappa shape index (κ1) is 14.2. The van der Waals surface area contributed by atoms with Crippen molar-refractivity contribution in [3.05, 3.63) is 12.2 Å². The Morgan fingerprint density at radius 1 is 1.32 bits per heavy atom. The Kier molecular flexibility index (Phi) is 5.11. The Morgan fingerprint density at radius 3 is 2.68 bits per heavy atom. The summed E-state index contributed by atoms with van der Waals surface area (Å²) < 4.78 is 1.87. The molecule has 0 N–H and O–H groups in total. The van der Waals surface area contributed by atoms with E-state index in [1.807, 2.05) is 4.68 Å². The van der Waals surface area contributed by atoms with E-state index in [4.69, 9.17) is 0 Å². The first-order valence-electron chi connectivity index (χ1n) is 7.64. The molecule has 0 bridgehead atoms.